The zero-order valence-electron chi connectivity index (χ0n) is 15.7. The number of aliphatic hydroxyl groups excluding tert-OH is 4. The fourth-order valence-electron chi connectivity index (χ4n) is 2.95. The Balaban J connectivity index is 1.65. The molecule has 0 amide bonds. The molecule has 0 saturated carbocycles. The van der Waals surface area contributed by atoms with Crippen LogP contribution in [-0.2, 0) is 4.74 Å². The lowest BCUT2D eigenvalue weighted by atomic mass is 9.99. The van der Waals surface area contributed by atoms with Gasteiger partial charge in [0.2, 0.25) is 6.29 Å². The van der Waals surface area contributed by atoms with Gasteiger partial charge in [-0.2, -0.15) is 0 Å². The molecule has 1 heterocycles. The first-order valence-corrected chi connectivity index (χ1v) is 9.12. The molecule has 6 N–H and O–H groups in total. The van der Waals surface area contributed by atoms with Crippen LogP contribution < -0.4 is 4.74 Å². The van der Waals surface area contributed by atoms with Crippen molar-refractivity contribution in [1.82, 2.24) is 0 Å². The molecule has 30 heavy (non-hydrogen) atoms. The molecule has 3 rings (SSSR count). The number of para-hydroxylation sites is 1. The molecule has 0 spiro atoms. The SMILES string of the molecule is O=C(/C=C/c1ccc(O[C@@H]2O[C@H](CO)[C@@H](O)[C@H](O)[C@H]2O)cc1)c1cccc(O)c1O. The van der Waals surface area contributed by atoms with Crippen LogP contribution in [0.1, 0.15) is 15.9 Å². The van der Waals surface area contributed by atoms with Crippen molar-refractivity contribution in [2.24, 2.45) is 0 Å². The second-order valence-corrected chi connectivity index (χ2v) is 6.76. The maximum Gasteiger partial charge on any atom is 0.229 e. The predicted molar refractivity (Wildman–Crippen MR) is 104 cm³/mol. The molecule has 160 valence electrons. The molecule has 5 atom stereocenters. The highest BCUT2D eigenvalue weighted by atomic mass is 16.7. The largest absolute Gasteiger partial charge is 0.504 e. The fraction of sp³-hybridized carbons (Fsp3) is 0.286. The van der Waals surface area contributed by atoms with Crippen molar-refractivity contribution in [3.8, 4) is 17.2 Å². The number of aromatic hydroxyl groups is 2. The van der Waals surface area contributed by atoms with Gasteiger partial charge >= 0.3 is 0 Å². The van der Waals surface area contributed by atoms with Crippen molar-refractivity contribution in [2.45, 2.75) is 30.7 Å². The Labute approximate surface area is 171 Å². The molecule has 2 aromatic rings. The number of aliphatic hydroxyl groups is 4. The van der Waals surface area contributed by atoms with Crippen molar-refractivity contribution in [3.05, 3.63) is 59.7 Å². The summed E-state index contributed by atoms with van der Waals surface area (Å²) in [6, 6.07) is 10.4. The third-order valence-corrected chi connectivity index (χ3v) is 4.69. The van der Waals surface area contributed by atoms with Crippen molar-refractivity contribution in [2.75, 3.05) is 6.61 Å². The lowest BCUT2D eigenvalue weighted by Crippen LogP contribution is -2.60. The number of rotatable bonds is 6. The summed E-state index contributed by atoms with van der Waals surface area (Å²) in [5.74, 6) is -1.09. The van der Waals surface area contributed by atoms with Crippen LogP contribution in [0.3, 0.4) is 0 Å². The second-order valence-electron chi connectivity index (χ2n) is 6.76. The van der Waals surface area contributed by atoms with E-state index in [1.54, 1.807) is 12.1 Å². The van der Waals surface area contributed by atoms with Crippen LogP contribution in [0.5, 0.6) is 17.2 Å². The minimum absolute atomic E-state index is 0.0335. The summed E-state index contributed by atoms with van der Waals surface area (Å²) in [6.07, 6.45) is -4.16. The van der Waals surface area contributed by atoms with Gasteiger partial charge in [-0.25, -0.2) is 0 Å². The minimum Gasteiger partial charge on any atom is -0.504 e. The van der Waals surface area contributed by atoms with Gasteiger partial charge in [-0.3, -0.25) is 4.79 Å². The van der Waals surface area contributed by atoms with E-state index in [-0.39, 0.29) is 17.1 Å². The van der Waals surface area contributed by atoms with Crippen LogP contribution in [0.25, 0.3) is 6.08 Å². The number of phenolic OH excluding ortho intramolecular Hbond substituents is 2. The van der Waals surface area contributed by atoms with Crippen LogP contribution in [0, 0.1) is 0 Å². The van der Waals surface area contributed by atoms with E-state index in [1.165, 1.54) is 42.5 Å². The number of carbonyl (C=O) groups is 1. The van der Waals surface area contributed by atoms with Crippen LogP contribution in [0.2, 0.25) is 0 Å². The molecule has 0 unspecified atom stereocenters. The van der Waals surface area contributed by atoms with E-state index in [0.29, 0.717) is 5.56 Å². The summed E-state index contributed by atoms with van der Waals surface area (Å²) in [5, 5.41) is 58.0. The Bertz CT molecular complexity index is 907. The van der Waals surface area contributed by atoms with Gasteiger partial charge in [-0.05, 0) is 35.9 Å². The monoisotopic (exact) mass is 418 g/mol. The molecule has 9 heteroatoms. The Morgan fingerprint density at radius 3 is 2.37 bits per heavy atom. The van der Waals surface area contributed by atoms with Gasteiger partial charge in [0.05, 0.1) is 12.2 Å². The first-order valence-electron chi connectivity index (χ1n) is 9.12. The second kappa shape index (κ2) is 9.24. The average Bonchev–Trinajstić information content (AvgIpc) is 2.75. The lowest BCUT2D eigenvalue weighted by molar-refractivity contribution is -0.277. The van der Waals surface area contributed by atoms with Crippen LogP contribution >= 0.6 is 0 Å². The quantitative estimate of drug-likeness (QED) is 0.219. The van der Waals surface area contributed by atoms with E-state index < -0.39 is 48.8 Å². The average molecular weight is 418 g/mol. The highest BCUT2D eigenvalue weighted by Crippen LogP contribution is 2.29. The van der Waals surface area contributed by atoms with Gasteiger partial charge in [0.25, 0.3) is 0 Å². The van der Waals surface area contributed by atoms with Crippen LogP contribution in [0.4, 0.5) is 0 Å². The van der Waals surface area contributed by atoms with Gasteiger partial charge in [-0.15, -0.1) is 0 Å². The summed E-state index contributed by atoms with van der Waals surface area (Å²) >= 11 is 0. The van der Waals surface area contributed by atoms with Gasteiger partial charge in [0.1, 0.15) is 30.2 Å². The lowest BCUT2D eigenvalue weighted by Gasteiger charge is -2.39. The molecule has 0 radical (unpaired) electrons. The van der Waals surface area contributed by atoms with E-state index in [0.717, 1.165) is 0 Å². The van der Waals surface area contributed by atoms with Gasteiger partial charge < -0.3 is 40.1 Å². The van der Waals surface area contributed by atoms with E-state index in [9.17, 15) is 35.4 Å². The number of carbonyl (C=O) groups excluding carboxylic acids is 1. The van der Waals surface area contributed by atoms with E-state index in [4.69, 9.17) is 9.47 Å². The predicted octanol–water partition coefficient (Wildman–Crippen LogP) is 0.173. The number of ketones is 1. The molecule has 0 aliphatic carbocycles. The minimum atomic E-state index is -1.54. The third-order valence-electron chi connectivity index (χ3n) is 4.69. The summed E-state index contributed by atoms with van der Waals surface area (Å²) in [7, 11) is 0. The Hall–Kier alpha value is -2.95. The zero-order valence-corrected chi connectivity index (χ0v) is 15.7. The number of phenols is 2. The summed E-state index contributed by atoms with van der Waals surface area (Å²) in [4.78, 5) is 12.2. The molecule has 1 fully saturated rings. The normalized spacial score (nSPS) is 26.6. The third kappa shape index (κ3) is 4.61. The number of allylic oxidation sites excluding steroid dienone is 1. The molecule has 9 nitrogen and oxygen atoms in total. The number of benzene rings is 2. The summed E-state index contributed by atoms with van der Waals surface area (Å²) < 4.78 is 10.8. The maximum atomic E-state index is 12.2. The standard InChI is InChI=1S/C21H22O9/c22-10-16-18(26)19(27)20(28)21(30-16)29-12-7-4-11(5-8-12)6-9-14(23)13-2-1-3-15(24)17(13)25/h1-9,16,18-22,24-28H,10H2/b9-6+/t16-,18-,19+,20-,21-/m1/s1. The summed E-state index contributed by atoms with van der Waals surface area (Å²) in [5.41, 5.74) is 0.595. The van der Waals surface area contributed by atoms with E-state index in [1.807, 2.05) is 0 Å². The smallest absolute Gasteiger partial charge is 0.229 e. The zero-order chi connectivity index (χ0) is 21.8. The highest BCUT2D eigenvalue weighted by Gasteiger charge is 2.44. The molecule has 0 bridgehead atoms. The Morgan fingerprint density at radius 1 is 1.00 bits per heavy atom. The van der Waals surface area contributed by atoms with E-state index >= 15 is 0 Å². The number of ether oxygens (including phenoxy) is 2. The van der Waals surface area contributed by atoms with Gasteiger partial charge in [0, 0.05) is 0 Å². The van der Waals surface area contributed by atoms with Crippen LogP contribution in [0.15, 0.2) is 48.5 Å². The highest BCUT2D eigenvalue weighted by molar-refractivity contribution is 6.09. The van der Waals surface area contributed by atoms with Gasteiger partial charge in [0.15, 0.2) is 17.3 Å². The molecule has 1 aliphatic rings. The van der Waals surface area contributed by atoms with Crippen molar-refractivity contribution >= 4 is 11.9 Å². The van der Waals surface area contributed by atoms with Crippen molar-refractivity contribution in [3.63, 3.8) is 0 Å². The number of hydrogen-bond donors (Lipinski definition) is 6. The summed E-state index contributed by atoms with van der Waals surface area (Å²) in [6.45, 7) is -0.558. The first-order chi connectivity index (χ1) is 14.3. The topological polar surface area (TPSA) is 157 Å². The van der Waals surface area contributed by atoms with Crippen molar-refractivity contribution < 1.29 is 44.9 Å². The maximum absolute atomic E-state index is 12.2. The van der Waals surface area contributed by atoms with Crippen LogP contribution in [-0.4, -0.2) is 73.7 Å². The molecule has 2 aromatic carbocycles. The van der Waals surface area contributed by atoms with Crippen molar-refractivity contribution in [1.29, 1.82) is 0 Å². The molecular weight excluding hydrogens is 396 g/mol. The molecular formula is C21H22O9. The molecule has 1 saturated heterocycles. The Kier molecular flexibility index (Phi) is 6.70. The van der Waals surface area contributed by atoms with E-state index in [2.05, 4.69) is 0 Å². The van der Waals surface area contributed by atoms with Gasteiger partial charge in [-0.1, -0.05) is 24.3 Å². The molecule has 0 aromatic heterocycles. The first kappa shape index (κ1) is 21.8. The molecule has 1 aliphatic heterocycles. The Morgan fingerprint density at radius 2 is 1.70 bits per heavy atom. The fourth-order valence-corrected chi connectivity index (χ4v) is 2.95. The number of hydrogen-bond acceptors (Lipinski definition) is 9.